The molecule has 13 heteroatoms. The maximum absolute atomic E-state index is 14.1. The monoisotopic (exact) mass is 732 g/mol. The maximum atomic E-state index is 14.1. The second-order valence-corrected chi connectivity index (χ2v) is 14.6. The van der Waals surface area contributed by atoms with Gasteiger partial charge < -0.3 is 14.8 Å². The highest BCUT2D eigenvalue weighted by Gasteiger charge is 2.36. The summed E-state index contributed by atoms with van der Waals surface area (Å²) < 4.78 is 48.5. The zero-order valence-electron chi connectivity index (χ0n) is 30.2. The number of aliphatic hydroxyl groups is 1. The van der Waals surface area contributed by atoms with Gasteiger partial charge in [0.2, 0.25) is 11.7 Å². The molecule has 2 saturated heterocycles. The summed E-state index contributed by atoms with van der Waals surface area (Å²) >= 11 is 0. The minimum Gasteiger partial charge on any atom is -0.435 e. The van der Waals surface area contributed by atoms with E-state index in [4.69, 9.17) is 9.40 Å². The third-order valence-electron chi connectivity index (χ3n) is 10.5. The van der Waals surface area contributed by atoms with Crippen molar-refractivity contribution in [1.82, 2.24) is 29.7 Å². The first-order chi connectivity index (χ1) is 25.9. The summed E-state index contributed by atoms with van der Waals surface area (Å²) in [6, 6.07) is 19.2. The number of β-amino-alcohol motifs (C(OH)–C–C–N with tert-alkyl or cyclic N) is 1. The molecule has 0 saturated carbocycles. The van der Waals surface area contributed by atoms with Crippen LogP contribution in [0.1, 0.15) is 53.4 Å². The van der Waals surface area contributed by atoms with E-state index in [1.807, 2.05) is 61.2 Å². The van der Waals surface area contributed by atoms with E-state index in [1.54, 1.807) is 18.3 Å². The van der Waals surface area contributed by atoms with Crippen LogP contribution in [0.15, 0.2) is 65.2 Å². The Kier molecular flexibility index (Phi) is 9.29. The van der Waals surface area contributed by atoms with E-state index >= 15 is 0 Å². The highest BCUT2D eigenvalue weighted by atomic mass is 19.4. The summed E-state index contributed by atoms with van der Waals surface area (Å²) in [4.78, 5) is 21.5. The number of oxazole rings is 1. The lowest BCUT2D eigenvalue weighted by molar-refractivity contribution is -0.144. The lowest BCUT2D eigenvalue weighted by Gasteiger charge is -2.18. The number of fused-ring (bicyclic) bond motifs is 2. The number of rotatable bonds is 8. The molecular formula is C41H39F3N8O2. The van der Waals surface area contributed by atoms with Crippen molar-refractivity contribution in [3.05, 3.63) is 94.4 Å². The van der Waals surface area contributed by atoms with E-state index in [2.05, 4.69) is 38.2 Å². The molecule has 8 rings (SSSR count). The Balaban J connectivity index is 1.12. The van der Waals surface area contributed by atoms with Gasteiger partial charge >= 0.3 is 6.18 Å². The van der Waals surface area contributed by atoms with Gasteiger partial charge in [0.15, 0.2) is 11.4 Å². The first-order valence-electron chi connectivity index (χ1n) is 18.1. The van der Waals surface area contributed by atoms with Crippen LogP contribution < -0.4 is 5.32 Å². The molecule has 6 aromatic rings. The van der Waals surface area contributed by atoms with Crippen molar-refractivity contribution in [2.75, 3.05) is 31.5 Å². The zero-order valence-corrected chi connectivity index (χ0v) is 30.2. The Morgan fingerprint density at radius 2 is 1.59 bits per heavy atom. The van der Waals surface area contributed by atoms with Crippen molar-refractivity contribution < 1.29 is 22.7 Å². The number of hydrogen-bond acceptors (Lipinski definition) is 10. The second-order valence-electron chi connectivity index (χ2n) is 14.6. The standard InChI is InChI=1S/C41H39F3N8O2/c1-23-10-12-51(19-23)20-26-14-28(17-45)37-35(15-26)48-39(54-37)32-8-4-6-30(24(32)2)31-7-5-9-33(25(31)3)47-38-36-34(49-40(50-38)41(42,43)44)16-27(18-46-36)21-52-13-11-29(53)22-52/h4-9,14-16,18,23,29,53H,10-13,19-22H2,1-3H3,(H,47,49,50)/t23-,29-/m1/s1. The number of nitriles is 1. The van der Waals surface area contributed by atoms with Crippen LogP contribution in [0, 0.1) is 31.1 Å². The molecule has 2 aliphatic rings. The van der Waals surface area contributed by atoms with Gasteiger partial charge in [0, 0.05) is 50.2 Å². The Labute approximate surface area is 310 Å². The molecule has 0 spiro atoms. The molecular weight excluding hydrogens is 693 g/mol. The molecule has 3 aromatic carbocycles. The van der Waals surface area contributed by atoms with Crippen molar-refractivity contribution in [2.45, 2.75) is 59.0 Å². The normalized spacial score (nSPS) is 18.2. The van der Waals surface area contributed by atoms with Crippen molar-refractivity contribution >= 4 is 33.6 Å². The van der Waals surface area contributed by atoms with Crippen LogP contribution in [0.3, 0.4) is 0 Å². The van der Waals surface area contributed by atoms with Gasteiger partial charge in [-0.3, -0.25) is 14.8 Å². The van der Waals surface area contributed by atoms with Gasteiger partial charge in [-0.1, -0.05) is 31.2 Å². The molecule has 54 heavy (non-hydrogen) atoms. The van der Waals surface area contributed by atoms with E-state index < -0.39 is 18.1 Å². The molecule has 0 aliphatic carbocycles. The summed E-state index contributed by atoms with van der Waals surface area (Å²) in [5, 5.41) is 23.1. The van der Waals surface area contributed by atoms with Crippen LogP contribution in [0.5, 0.6) is 0 Å². The van der Waals surface area contributed by atoms with E-state index in [-0.39, 0.29) is 16.9 Å². The molecule has 0 unspecified atom stereocenters. The highest BCUT2D eigenvalue weighted by Crippen LogP contribution is 2.38. The fraction of sp³-hybridized carbons (Fsp3) is 0.341. The number of aromatic nitrogens is 4. The number of hydrogen-bond donors (Lipinski definition) is 2. The minimum absolute atomic E-state index is 0.0559. The van der Waals surface area contributed by atoms with Gasteiger partial charge in [-0.15, -0.1) is 0 Å². The average molecular weight is 733 g/mol. The Morgan fingerprint density at radius 1 is 0.889 bits per heavy atom. The number of pyridine rings is 1. The van der Waals surface area contributed by atoms with Crippen LogP contribution in [0.25, 0.3) is 44.7 Å². The first kappa shape index (κ1) is 35.6. The van der Waals surface area contributed by atoms with E-state index in [1.165, 1.54) is 0 Å². The zero-order chi connectivity index (χ0) is 37.7. The number of aliphatic hydroxyl groups excluding tert-OH is 1. The molecule has 5 heterocycles. The van der Waals surface area contributed by atoms with Gasteiger partial charge in [-0.25, -0.2) is 15.0 Å². The van der Waals surface area contributed by atoms with Crippen molar-refractivity contribution in [2.24, 2.45) is 5.92 Å². The summed E-state index contributed by atoms with van der Waals surface area (Å²) in [7, 11) is 0. The predicted molar refractivity (Wildman–Crippen MR) is 200 cm³/mol. The van der Waals surface area contributed by atoms with E-state index in [9.17, 15) is 23.5 Å². The molecule has 0 amide bonds. The van der Waals surface area contributed by atoms with Gasteiger partial charge in [-0.2, -0.15) is 18.4 Å². The predicted octanol–water partition coefficient (Wildman–Crippen LogP) is 8.16. The van der Waals surface area contributed by atoms with Crippen LogP contribution in [-0.4, -0.2) is 67.1 Å². The molecule has 2 N–H and O–H groups in total. The van der Waals surface area contributed by atoms with Crippen molar-refractivity contribution in [1.29, 1.82) is 5.26 Å². The summed E-state index contributed by atoms with van der Waals surface area (Å²) in [5.74, 6) is -0.265. The molecule has 0 radical (unpaired) electrons. The number of nitrogens with zero attached hydrogens (tertiary/aromatic N) is 7. The third kappa shape index (κ3) is 7.00. The molecule has 3 aromatic heterocycles. The van der Waals surface area contributed by atoms with Crippen LogP contribution >= 0.6 is 0 Å². The number of nitrogens with one attached hydrogen (secondary N) is 1. The molecule has 2 aliphatic heterocycles. The second kappa shape index (κ2) is 14.1. The first-order valence-corrected chi connectivity index (χ1v) is 18.1. The maximum Gasteiger partial charge on any atom is 0.451 e. The van der Waals surface area contributed by atoms with Gasteiger partial charge in [0.05, 0.1) is 17.2 Å². The van der Waals surface area contributed by atoms with E-state index in [0.29, 0.717) is 65.8 Å². The minimum atomic E-state index is -4.78. The van der Waals surface area contributed by atoms with Gasteiger partial charge in [0.1, 0.15) is 17.1 Å². The molecule has 0 bridgehead atoms. The van der Waals surface area contributed by atoms with Crippen molar-refractivity contribution in [3.63, 3.8) is 0 Å². The third-order valence-corrected chi connectivity index (χ3v) is 10.5. The van der Waals surface area contributed by atoms with Gasteiger partial charge in [-0.05, 0) is 103 Å². The molecule has 2 atom stereocenters. The van der Waals surface area contributed by atoms with Crippen molar-refractivity contribution in [3.8, 4) is 28.7 Å². The summed E-state index contributed by atoms with van der Waals surface area (Å²) in [6.45, 7) is 10.6. The Bertz CT molecular complexity index is 2440. The quantitative estimate of drug-likeness (QED) is 0.158. The lowest BCUT2D eigenvalue weighted by Crippen LogP contribution is -2.21. The SMILES string of the molecule is Cc1c(Nc2nc(C(F)(F)F)nc3cc(CN4CC[C@@H](O)C4)cnc23)cccc1-c1cccc(-c2nc3cc(CN4CC[C@@H](C)C4)cc(C#N)c3o2)c1C. The number of alkyl halides is 3. The Hall–Kier alpha value is -5.42. The van der Waals surface area contributed by atoms with Crippen LogP contribution in [0.2, 0.25) is 0 Å². The van der Waals surface area contributed by atoms with Crippen LogP contribution in [0.4, 0.5) is 24.7 Å². The largest absolute Gasteiger partial charge is 0.451 e. The summed E-state index contributed by atoms with van der Waals surface area (Å²) in [6.07, 6.45) is -1.76. The van der Waals surface area contributed by atoms with Crippen LogP contribution in [-0.2, 0) is 19.3 Å². The number of likely N-dealkylation sites (tertiary alicyclic amines) is 2. The highest BCUT2D eigenvalue weighted by molar-refractivity contribution is 5.90. The lowest BCUT2D eigenvalue weighted by atomic mass is 9.93. The molecule has 10 nitrogen and oxygen atoms in total. The molecule has 2 fully saturated rings. The fourth-order valence-electron chi connectivity index (χ4n) is 7.73. The fourth-order valence-corrected chi connectivity index (χ4v) is 7.73. The molecule has 276 valence electrons. The average Bonchev–Trinajstić information content (AvgIpc) is 3.87. The topological polar surface area (TPSA) is 127 Å². The number of halogens is 3. The van der Waals surface area contributed by atoms with Gasteiger partial charge in [0.25, 0.3) is 0 Å². The smallest absolute Gasteiger partial charge is 0.435 e. The number of benzene rings is 3. The van der Waals surface area contributed by atoms with E-state index in [0.717, 1.165) is 59.4 Å². The summed E-state index contributed by atoms with van der Waals surface area (Å²) in [5.41, 5.74) is 8.27. The number of anilines is 2. The Morgan fingerprint density at radius 3 is 2.31 bits per heavy atom.